The molecule has 6 nitrogen and oxygen atoms in total. The second-order valence-electron chi connectivity index (χ2n) is 8.21. The van der Waals surface area contributed by atoms with Crippen LogP contribution in [0.3, 0.4) is 0 Å². The molecule has 4 rings (SSSR count). The number of hydrogen-bond acceptors (Lipinski definition) is 4. The molecule has 1 fully saturated rings. The summed E-state index contributed by atoms with van der Waals surface area (Å²) in [5.41, 5.74) is 6.22. The molecular formula is C25H30N4O2. The number of anilines is 1. The summed E-state index contributed by atoms with van der Waals surface area (Å²) >= 11 is 0. The first-order valence-corrected chi connectivity index (χ1v) is 10.8. The Hall–Kier alpha value is -3.12. The Labute approximate surface area is 184 Å². The maximum Gasteiger partial charge on any atom is 0.253 e. The van der Waals surface area contributed by atoms with Crippen LogP contribution < -0.4 is 4.90 Å². The Balaban J connectivity index is 1.40. The third kappa shape index (κ3) is 5.14. The van der Waals surface area contributed by atoms with Crippen LogP contribution in [0.5, 0.6) is 0 Å². The normalized spacial score (nSPS) is 14.0. The predicted molar refractivity (Wildman–Crippen MR) is 123 cm³/mol. The first kappa shape index (κ1) is 21.1. The topological polar surface area (TPSA) is 50.6 Å². The van der Waals surface area contributed by atoms with Crippen molar-refractivity contribution < 1.29 is 9.53 Å². The summed E-state index contributed by atoms with van der Waals surface area (Å²) in [7, 11) is 1.85. The van der Waals surface area contributed by atoms with Crippen LogP contribution in [0.25, 0.3) is 0 Å². The standard InChI is InChI=1S/C25H30N4O2/c1-19-15-20(2)29(26-19)18-22-5-4-6-23(16-22)25(30)27(3)17-21-7-9-24(10-8-21)28-11-13-31-14-12-28/h4-10,15-16H,11-14,17-18H2,1-3H3. The molecule has 0 atom stereocenters. The number of aryl methyl sites for hydroxylation is 2. The van der Waals surface area contributed by atoms with Gasteiger partial charge in [-0.3, -0.25) is 9.48 Å². The molecule has 1 aliphatic rings. The van der Waals surface area contributed by atoms with Crippen LogP contribution in [0.2, 0.25) is 0 Å². The maximum absolute atomic E-state index is 13.0. The lowest BCUT2D eigenvalue weighted by molar-refractivity contribution is 0.0785. The number of ether oxygens (including phenoxy) is 1. The molecule has 162 valence electrons. The van der Waals surface area contributed by atoms with E-state index >= 15 is 0 Å². The summed E-state index contributed by atoms with van der Waals surface area (Å²) in [6.07, 6.45) is 0. The fourth-order valence-corrected chi connectivity index (χ4v) is 4.01. The van der Waals surface area contributed by atoms with Crippen molar-refractivity contribution in [1.82, 2.24) is 14.7 Å². The van der Waals surface area contributed by atoms with Crippen molar-refractivity contribution in [3.63, 3.8) is 0 Å². The summed E-state index contributed by atoms with van der Waals surface area (Å²) in [6, 6.07) is 18.4. The van der Waals surface area contributed by atoms with Crippen molar-refractivity contribution in [2.45, 2.75) is 26.9 Å². The van der Waals surface area contributed by atoms with Gasteiger partial charge in [-0.05, 0) is 55.3 Å². The molecule has 2 heterocycles. The van der Waals surface area contributed by atoms with Crippen LogP contribution in [-0.2, 0) is 17.8 Å². The minimum atomic E-state index is 0.0208. The number of rotatable bonds is 6. The van der Waals surface area contributed by atoms with E-state index in [-0.39, 0.29) is 5.91 Å². The van der Waals surface area contributed by atoms with Crippen molar-refractivity contribution in [2.75, 3.05) is 38.3 Å². The summed E-state index contributed by atoms with van der Waals surface area (Å²) in [4.78, 5) is 17.1. The molecule has 31 heavy (non-hydrogen) atoms. The van der Waals surface area contributed by atoms with Crippen molar-refractivity contribution in [2.24, 2.45) is 0 Å². The molecule has 0 N–H and O–H groups in total. The third-order valence-electron chi connectivity index (χ3n) is 5.69. The zero-order valence-corrected chi connectivity index (χ0v) is 18.5. The minimum absolute atomic E-state index is 0.0208. The monoisotopic (exact) mass is 418 g/mol. The van der Waals surface area contributed by atoms with Gasteiger partial charge in [0.15, 0.2) is 0 Å². The van der Waals surface area contributed by atoms with Crippen LogP contribution in [0, 0.1) is 13.8 Å². The lowest BCUT2D eigenvalue weighted by atomic mass is 10.1. The van der Waals surface area contributed by atoms with E-state index in [4.69, 9.17) is 4.74 Å². The lowest BCUT2D eigenvalue weighted by Crippen LogP contribution is -2.36. The largest absolute Gasteiger partial charge is 0.378 e. The fourth-order valence-electron chi connectivity index (χ4n) is 4.01. The van der Waals surface area contributed by atoms with Gasteiger partial charge in [0.25, 0.3) is 5.91 Å². The van der Waals surface area contributed by atoms with Crippen LogP contribution >= 0.6 is 0 Å². The number of carbonyl (C=O) groups excluding carboxylic acids is 1. The van der Waals surface area contributed by atoms with Gasteiger partial charge < -0.3 is 14.5 Å². The average molecular weight is 419 g/mol. The highest BCUT2D eigenvalue weighted by Crippen LogP contribution is 2.18. The maximum atomic E-state index is 13.0. The van der Waals surface area contributed by atoms with Crippen LogP contribution in [0.4, 0.5) is 5.69 Å². The Morgan fingerprint density at radius 1 is 1.03 bits per heavy atom. The van der Waals surface area contributed by atoms with Gasteiger partial charge in [0.05, 0.1) is 25.5 Å². The van der Waals surface area contributed by atoms with Gasteiger partial charge in [0.2, 0.25) is 0 Å². The Morgan fingerprint density at radius 3 is 2.45 bits per heavy atom. The van der Waals surface area contributed by atoms with E-state index in [2.05, 4.69) is 40.3 Å². The van der Waals surface area contributed by atoms with Crippen molar-refractivity contribution in [1.29, 1.82) is 0 Å². The average Bonchev–Trinajstić information content (AvgIpc) is 3.11. The fraction of sp³-hybridized carbons (Fsp3) is 0.360. The molecular weight excluding hydrogens is 388 g/mol. The lowest BCUT2D eigenvalue weighted by Gasteiger charge is -2.29. The van der Waals surface area contributed by atoms with Gasteiger partial charge >= 0.3 is 0 Å². The van der Waals surface area contributed by atoms with Crippen LogP contribution in [0.1, 0.15) is 32.9 Å². The number of morpholine rings is 1. The Kier molecular flexibility index (Phi) is 6.37. The number of aromatic nitrogens is 2. The van der Waals surface area contributed by atoms with Gasteiger partial charge in [-0.2, -0.15) is 5.10 Å². The molecule has 3 aromatic rings. The van der Waals surface area contributed by atoms with E-state index in [1.807, 2.05) is 49.8 Å². The number of benzene rings is 2. The van der Waals surface area contributed by atoms with Gasteiger partial charge in [-0.15, -0.1) is 0 Å². The second-order valence-corrected chi connectivity index (χ2v) is 8.21. The van der Waals surface area contributed by atoms with Gasteiger partial charge in [-0.25, -0.2) is 0 Å². The molecule has 0 saturated carbocycles. The molecule has 0 bridgehead atoms. The van der Waals surface area contributed by atoms with Crippen LogP contribution in [0.15, 0.2) is 54.6 Å². The molecule has 1 saturated heterocycles. The zero-order valence-electron chi connectivity index (χ0n) is 18.5. The highest BCUT2D eigenvalue weighted by atomic mass is 16.5. The van der Waals surface area contributed by atoms with Crippen molar-refractivity contribution >= 4 is 11.6 Å². The first-order valence-electron chi connectivity index (χ1n) is 10.8. The van der Waals surface area contributed by atoms with E-state index in [0.717, 1.165) is 48.8 Å². The Morgan fingerprint density at radius 2 is 1.77 bits per heavy atom. The minimum Gasteiger partial charge on any atom is -0.378 e. The number of nitrogens with zero attached hydrogens (tertiary/aromatic N) is 4. The third-order valence-corrected chi connectivity index (χ3v) is 5.69. The first-order chi connectivity index (χ1) is 15.0. The van der Waals surface area contributed by atoms with Crippen molar-refractivity contribution in [3.05, 3.63) is 82.7 Å². The van der Waals surface area contributed by atoms with E-state index in [1.54, 1.807) is 4.90 Å². The molecule has 0 unspecified atom stereocenters. The van der Waals surface area contributed by atoms with E-state index in [9.17, 15) is 4.79 Å². The SMILES string of the molecule is Cc1cc(C)n(Cc2cccc(C(=O)N(C)Cc3ccc(N4CCOCC4)cc3)c2)n1. The quantitative estimate of drug-likeness (QED) is 0.613. The van der Waals surface area contributed by atoms with Crippen molar-refractivity contribution in [3.8, 4) is 0 Å². The second kappa shape index (κ2) is 9.35. The van der Waals surface area contributed by atoms with Gasteiger partial charge in [-0.1, -0.05) is 24.3 Å². The number of hydrogen-bond donors (Lipinski definition) is 0. The molecule has 1 aliphatic heterocycles. The summed E-state index contributed by atoms with van der Waals surface area (Å²) < 4.78 is 7.39. The molecule has 6 heteroatoms. The predicted octanol–water partition coefficient (Wildman–Crippen LogP) is 3.66. The molecule has 0 spiro atoms. The number of carbonyl (C=O) groups is 1. The Bertz CT molecular complexity index is 1040. The molecule has 0 aliphatic carbocycles. The van der Waals surface area contributed by atoms with Gasteiger partial charge in [0, 0.05) is 43.6 Å². The molecule has 1 amide bonds. The summed E-state index contributed by atoms with van der Waals surface area (Å²) in [5.74, 6) is 0.0208. The molecule has 0 radical (unpaired) electrons. The van der Waals surface area contributed by atoms with E-state index in [1.165, 1.54) is 5.69 Å². The van der Waals surface area contributed by atoms with E-state index in [0.29, 0.717) is 18.7 Å². The van der Waals surface area contributed by atoms with Gasteiger partial charge in [0.1, 0.15) is 0 Å². The highest BCUT2D eigenvalue weighted by molar-refractivity contribution is 5.94. The highest BCUT2D eigenvalue weighted by Gasteiger charge is 2.14. The number of amides is 1. The summed E-state index contributed by atoms with van der Waals surface area (Å²) in [6.45, 7) is 8.67. The molecule has 1 aromatic heterocycles. The smallest absolute Gasteiger partial charge is 0.253 e. The molecule has 2 aromatic carbocycles. The van der Waals surface area contributed by atoms with E-state index < -0.39 is 0 Å². The summed E-state index contributed by atoms with van der Waals surface area (Å²) in [5, 5.41) is 4.52. The van der Waals surface area contributed by atoms with Crippen LogP contribution in [-0.4, -0.2) is 53.9 Å². The zero-order chi connectivity index (χ0) is 21.8.